The number of fused-ring (bicyclic) bond motifs is 5. The second-order valence-corrected chi connectivity index (χ2v) is 16.1. The van der Waals surface area contributed by atoms with Gasteiger partial charge in [0, 0.05) is 31.8 Å². The lowest BCUT2D eigenvalue weighted by Crippen LogP contribution is -2.61. The Morgan fingerprint density at radius 3 is 1.93 bits per heavy atom. The Morgan fingerprint density at radius 2 is 1.33 bits per heavy atom. The van der Waals surface area contributed by atoms with Gasteiger partial charge in [0.2, 0.25) is 5.91 Å². The number of likely N-dealkylation sites (tertiary alicyclic amines) is 1. The Bertz CT molecular complexity index is 873. The summed E-state index contributed by atoms with van der Waals surface area (Å²) in [6.45, 7) is 9.52. The van der Waals surface area contributed by atoms with Gasteiger partial charge in [-0.05, 0) is 86.9 Å². The molecule has 1 amide bonds. The first-order valence-electron chi connectivity index (χ1n) is 19.2. The van der Waals surface area contributed by atoms with Crippen LogP contribution in [0.1, 0.15) is 182 Å². The van der Waals surface area contributed by atoms with E-state index < -0.39 is 0 Å². The predicted molar refractivity (Wildman–Crippen MR) is 179 cm³/mol. The molecule has 0 aromatic heterocycles. The van der Waals surface area contributed by atoms with E-state index in [2.05, 4.69) is 39.6 Å². The summed E-state index contributed by atoms with van der Waals surface area (Å²) in [5, 5.41) is 0. The summed E-state index contributed by atoms with van der Waals surface area (Å²) in [4.78, 5) is 27.4. The summed E-state index contributed by atoms with van der Waals surface area (Å²) in [5.74, 6) is 3.13. The molecule has 4 heteroatoms. The van der Waals surface area contributed by atoms with Crippen molar-refractivity contribution >= 4 is 11.9 Å². The minimum atomic E-state index is 0.0285. The fraction of sp³-hybridized carbons (Fsp3) is 0.949. The van der Waals surface area contributed by atoms with Crippen molar-refractivity contribution in [2.24, 2.45) is 34.5 Å². The lowest BCUT2D eigenvalue weighted by molar-refractivity contribution is -0.164. The number of rotatable bonds is 18. The number of carbonyl (C=O) groups excluding carboxylic acids is 2. The number of esters is 1. The highest BCUT2D eigenvalue weighted by atomic mass is 16.5. The van der Waals surface area contributed by atoms with Crippen LogP contribution in [0.4, 0.5) is 0 Å². The van der Waals surface area contributed by atoms with Gasteiger partial charge in [-0.3, -0.25) is 9.59 Å². The van der Waals surface area contributed by atoms with E-state index in [1.165, 1.54) is 122 Å². The van der Waals surface area contributed by atoms with E-state index in [0.717, 1.165) is 43.4 Å². The zero-order chi connectivity index (χ0) is 30.9. The number of nitrogens with zero attached hydrogens (tertiary/aromatic N) is 1. The molecule has 4 rings (SSSR count). The summed E-state index contributed by atoms with van der Waals surface area (Å²) in [6.07, 6.45) is 30.1. The monoisotopic (exact) mass is 600 g/mol. The summed E-state index contributed by atoms with van der Waals surface area (Å²) in [7, 11) is 2.05. The molecule has 0 aromatic carbocycles. The maximum atomic E-state index is 12.8. The molecule has 43 heavy (non-hydrogen) atoms. The molecule has 3 saturated carbocycles. The van der Waals surface area contributed by atoms with E-state index in [0.29, 0.717) is 24.3 Å². The molecule has 0 aromatic rings. The lowest BCUT2D eigenvalue weighted by Gasteiger charge is -2.62. The molecule has 4 aliphatic rings. The standard InChI is InChI=1S/C39H69NO3/c1-6-7-8-9-10-11-12-13-14-15-16-17-18-19-20-21-37(42)43-30(2)32-23-24-33-31-22-25-35-39(4,29-27-36(41)40(35)5)34(31)26-28-38(32,33)3/h30-35H,6-29H2,1-5H3/t30?,31-,32+,33-,34-,35+,38+,39+/m0/s1. The van der Waals surface area contributed by atoms with Crippen LogP contribution < -0.4 is 0 Å². The van der Waals surface area contributed by atoms with Gasteiger partial charge < -0.3 is 9.64 Å². The van der Waals surface area contributed by atoms with Crippen LogP contribution >= 0.6 is 0 Å². The van der Waals surface area contributed by atoms with Gasteiger partial charge in [-0.15, -0.1) is 0 Å². The minimum Gasteiger partial charge on any atom is -0.462 e. The molecule has 1 heterocycles. The van der Waals surface area contributed by atoms with Crippen LogP contribution in [-0.4, -0.2) is 36.0 Å². The molecular formula is C39H69NO3. The number of hydrogen-bond donors (Lipinski definition) is 0. The number of ether oxygens (including phenoxy) is 1. The number of piperidine rings is 1. The van der Waals surface area contributed by atoms with Crippen molar-refractivity contribution in [1.29, 1.82) is 0 Å². The molecule has 248 valence electrons. The van der Waals surface area contributed by atoms with Crippen LogP contribution in [0.3, 0.4) is 0 Å². The molecule has 0 N–H and O–H groups in total. The fourth-order valence-corrected chi connectivity index (χ4v) is 11.0. The summed E-state index contributed by atoms with van der Waals surface area (Å²) >= 11 is 0. The topological polar surface area (TPSA) is 46.6 Å². The van der Waals surface area contributed by atoms with Gasteiger partial charge in [0.25, 0.3) is 0 Å². The van der Waals surface area contributed by atoms with Gasteiger partial charge in [0.1, 0.15) is 6.10 Å². The van der Waals surface area contributed by atoms with Gasteiger partial charge in [0.05, 0.1) is 0 Å². The molecule has 0 spiro atoms. The molecule has 4 nitrogen and oxygen atoms in total. The van der Waals surface area contributed by atoms with E-state index in [9.17, 15) is 9.59 Å². The van der Waals surface area contributed by atoms with Crippen LogP contribution in [0.5, 0.6) is 0 Å². The summed E-state index contributed by atoms with van der Waals surface area (Å²) in [5.41, 5.74) is 0.561. The van der Waals surface area contributed by atoms with Gasteiger partial charge >= 0.3 is 5.97 Å². The molecular weight excluding hydrogens is 530 g/mol. The molecule has 1 aliphatic heterocycles. The largest absolute Gasteiger partial charge is 0.462 e. The Morgan fingerprint density at radius 1 is 0.767 bits per heavy atom. The molecule has 0 radical (unpaired) electrons. The third-order valence-corrected chi connectivity index (χ3v) is 13.5. The Balaban J connectivity index is 1.09. The normalized spacial score (nSPS) is 34.4. The average molecular weight is 600 g/mol. The highest BCUT2D eigenvalue weighted by molar-refractivity contribution is 5.77. The Labute approximate surface area is 266 Å². The maximum Gasteiger partial charge on any atom is 0.306 e. The molecule has 1 saturated heterocycles. The van der Waals surface area contributed by atoms with Gasteiger partial charge in [0.15, 0.2) is 0 Å². The van der Waals surface area contributed by atoms with Crippen molar-refractivity contribution in [3.63, 3.8) is 0 Å². The SMILES string of the molecule is CCCCCCCCCCCCCCCCCC(=O)OC(C)[C@H]1CC[C@H]2[C@@H]3CC[C@H]4N(C)C(=O)CC[C@]4(C)[C@H]3CC[C@]12C. The fourth-order valence-electron chi connectivity index (χ4n) is 11.0. The van der Waals surface area contributed by atoms with E-state index in [1.807, 2.05) is 0 Å². The lowest BCUT2D eigenvalue weighted by atomic mass is 9.46. The summed E-state index contributed by atoms with van der Waals surface area (Å²) < 4.78 is 6.15. The van der Waals surface area contributed by atoms with E-state index in [1.54, 1.807) is 0 Å². The number of hydrogen-bond acceptors (Lipinski definition) is 3. The average Bonchev–Trinajstić information content (AvgIpc) is 3.34. The number of unbranched alkanes of at least 4 members (excludes halogenated alkanes) is 14. The first-order valence-corrected chi connectivity index (χ1v) is 19.2. The van der Waals surface area contributed by atoms with Crippen molar-refractivity contribution in [3.8, 4) is 0 Å². The Hall–Kier alpha value is -1.06. The smallest absolute Gasteiger partial charge is 0.306 e. The van der Waals surface area contributed by atoms with Crippen molar-refractivity contribution in [3.05, 3.63) is 0 Å². The van der Waals surface area contributed by atoms with Crippen molar-refractivity contribution in [1.82, 2.24) is 4.90 Å². The molecule has 0 bridgehead atoms. The summed E-state index contributed by atoms with van der Waals surface area (Å²) in [6, 6.07) is 0.427. The third-order valence-electron chi connectivity index (χ3n) is 13.5. The molecule has 4 fully saturated rings. The number of amides is 1. The second-order valence-electron chi connectivity index (χ2n) is 16.1. The van der Waals surface area contributed by atoms with Crippen molar-refractivity contribution < 1.29 is 14.3 Å². The zero-order valence-electron chi connectivity index (χ0n) is 29.1. The maximum absolute atomic E-state index is 12.8. The molecule has 3 aliphatic carbocycles. The van der Waals surface area contributed by atoms with Crippen molar-refractivity contribution in [2.45, 2.75) is 194 Å². The van der Waals surface area contributed by atoms with Gasteiger partial charge in [-0.25, -0.2) is 0 Å². The van der Waals surface area contributed by atoms with Gasteiger partial charge in [-0.1, -0.05) is 111 Å². The zero-order valence-corrected chi connectivity index (χ0v) is 29.1. The van der Waals surface area contributed by atoms with Crippen LogP contribution in [0.15, 0.2) is 0 Å². The first kappa shape index (κ1) is 34.8. The Kier molecular flexibility index (Phi) is 13.3. The third kappa shape index (κ3) is 8.41. The van der Waals surface area contributed by atoms with E-state index >= 15 is 0 Å². The highest BCUT2D eigenvalue weighted by Gasteiger charge is 2.61. The molecule has 1 unspecified atom stereocenters. The molecule has 8 atom stereocenters. The van der Waals surface area contributed by atoms with Crippen LogP contribution in [-0.2, 0) is 14.3 Å². The van der Waals surface area contributed by atoms with Crippen LogP contribution in [0.2, 0.25) is 0 Å². The number of carbonyl (C=O) groups is 2. The van der Waals surface area contributed by atoms with E-state index in [-0.39, 0.29) is 22.9 Å². The van der Waals surface area contributed by atoms with Crippen molar-refractivity contribution in [2.75, 3.05) is 7.05 Å². The highest BCUT2D eigenvalue weighted by Crippen LogP contribution is 2.66. The van der Waals surface area contributed by atoms with Crippen LogP contribution in [0.25, 0.3) is 0 Å². The van der Waals surface area contributed by atoms with E-state index in [4.69, 9.17) is 4.74 Å². The minimum absolute atomic E-state index is 0.0285. The van der Waals surface area contributed by atoms with Crippen LogP contribution in [0, 0.1) is 34.5 Å². The quantitative estimate of drug-likeness (QED) is 0.116. The first-order chi connectivity index (χ1) is 20.7. The van der Waals surface area contributed by atoms with Gasteiger partial charge in [-0.2, -0.15) is 0 Å². The predicted octanol–water partition coefficient (Wildman–Crippen LogP) is 10.7. The second kappa shape index (κ2) is 16.5.